The molecule has 8 heteroatoms. The van der Waals surface area contributed by atoms with Crippen LogP contribution in [0.1, 0.15) is 5.56 Å². The van der Waals surface area contributed by atoms with Crippen molar-refractivity contribution < 1.29 is 9.53 Å². The maximum absolute atomic E-state index is 12.9. The summed E-state index contributed by atoms with van der Waals surface area (Å²) in [5.41, 5.74) is 3.49. The minimum Gasteiger partial charge on any atom is -0.455 e. The van der Waals surface area contributed by atoms with Crippen LogP contribution < -0.4 is 10.1 Å². The lowest BCUT2D eigenvalue weighted by Crippen LogP contribution is -2.15. The Morgan fingerprint density at radius 2 is 1.69 bits per heavy atom. The molecule has 0 aliphatic rings. The summed E-state index contributed by atoms with van der Waals surface area (Å²) in [4.78, 5) is 17.1. The molecule has 0 atom stereocenters. The molecule has 0 saturated heterocycles. The van der Waals surface area contributed by atoms with Gasteiger partial charge in [-0.2, -0.15) is 0 Å². The van der Waals surface area contributed by atoms with E-state index in [9.17, 15) is 4.79 Å². The lowest BCUT2D eigenvalue weighted by molar-refractivity contribution is -0.113. The van der Waals surface area contributed by atoms with Crippen molar-refractivity contribution in [3.8, 4) is 28.6 Å². The predicted octanol–water partition coefficient (Wildman–Crippen LogP) is 6.16. The second-order valence-electron chi connectivity index (χ2n) is 7.97. The van der Waals surface area contributed by atoms with Crippen molar-refractivity contribution in [1.82, 2.24) is 19.7 Å². The first-order valence-electron chi connectivity index (χ1n) is 11.3. The number of carbonyl (C=O) groups is 1. The Bertz CT molecular complexity index is 1450. The van der Waals surface area contributed by atoms with Gasteiger partial charge in [0.05, 0.1) is 11.4 Å². The van der Waals surface area contributed by atoms with Crippen molar-refractivity contribution in [3.05, 3.63) is 109 Å². The molecule has 0 unspecified atom stereocenters. The molecule has 0 bridgehead atoms. The molecule has 178 valence electrons. The number of anilines is 1. The summed E-state index contributed by atoms with van der Waals surface area (Å²) in [5.74, 6) is 1.91. The fourth-order valence-corrected chi connectivity index (χ4v) is 4.32. The van der Waals surface area contributed by atoms with Crippen molar-refractivity contribution >= 4 is 23.4 Å². The number of carbonyl (C=O) groups excluding carboxylic acids is 1. The minimum absolute atomic E-state index is 0.150. The van der Waals surface area contributed by atoms with Gasteiger partial charge in [0.15, 0.2) is 16.7 Å². The van der Waals surface area contributed by atoms with E-state index >= 15 is 0 Å². The van der Waals surface area contributed by atoms with E-state index in [4.69, 9.17) is 4.74 Å². The van der Waals surface area contributed by atoms with E-state index in [1.807, 2.05) is 102 Å². The largest absolute Gasteiger partial charge is 0.455 e. The van der Waals surface area contributed by atoms with Crippen molar-refractivity contribution in [2.75, 3.05) is 11.1 Å². The van der Waals surface area contributed by atoms with Crippen LogP contribution in [0.15, 0.2) is 109 Å². The van der Waals surface area contributed by atoms with Crippen LogP contribution in [0.5, 0.6) is 11.5 Å². The lowest BCUT2D eigenvalue weighted by atomic mass is 10.2. The standard InChI is InChI=1S/C28H23N5O2S/c1-20-13-15-23(16-14-20)35-25-12-6-5-11-24(25)30-26(34)19-36-28-32-31-27(21-8-7-17-29-18-21)33(28)22-9-3-2-4-10-22/h2-18H,19H2,1H3,(H,30,34). The van der Waals surface area contributed by atoms with Crippen LogP contribution in [-0.2, 0) is 4.79 Å². The number of nitrogens with one attached hydrogen (secondary N) is 1. The Morgan fingerprint density at radius 1 is 0.917 bits per heavy atom. The van der Waals surface area contributed by atoms with Gasteiger partial charge in [0.1, 0.15) is 5.75 Å². The number of aromatic nitrogens is 4. The molecular weight excluding hydrogens is 470 g/mol. The third-order valence-electron chi connectivity index (χ3n) is 5.31. The molecule has 0 spiro atoms. The van der Waals surface area contributed by atoms with Crippen LogP contribution in [0.2, 0.25) is 0 Å². The number of ether oxygens (including phenoxy) is 1. The summed E-state index contributed by atoms with van der Waals surface area (Å²) in [7, 11) is 0. The average molecular weight is 494 g/mol. The molecule has 1 amide bonds. The van der Waals surface area contributed by atoms with E-state index in [0.717, 1.165) is 16.8 Å². The third-order valence-corrected chi connectivity index (χ3v) is 6.24. The van der Waals surface area contributed by atoms with Gasteiger partial charge in [-0.05, 0) is 55.5 Å². The molecule has 0 saturated carbocycles. The number of hydrogen-bond acceptors (Lipinski definition) is 6. The quantitative estimate of drug-likeness (QED) is 0.261. The highest BCUT2D eigenvalue weighted by Gasteiger charge is 2.18. The third kappa shape index (κ3) is 5.45. The maximum Gasteiger partial charge on any atom is 0.234 e. The smallest absolute Gasteiger partial charge is 0.234 e. The van der Waals surface area contributed by atoms with Gasteiger partial charge < -0.3 is 10.1 Å². The number of para-hydroxylation sites is 3. The highest BCUT2D eigenvalue weighted by atomic mass is 32.2. The molecule has 0 aliphatic carbocycles. The zero-order valence-electron chi connectivity index (χ0n) is 19.5. The van der Waals surface area contributed by atoms with E-state index in [0.29, 0.717) is 28.2 Å². The Balaban J connectivity index is 1.33. The number of pyridine rings is 1. The van der Waals surface area contributed by atoms with E-state index in [2.05, 4.69) is 20.5 Å². The van der Waals surface area contributed by atoms with Crippen molar-refractivity contribution in [3.63, 3.8) is 0 Å². The van der Waals surface area contributed by atoms with Crippen molar-refractivity contribution in [2.45, 2.75) is 12.1 Å². The highest BCUT2D eigenvalue weighted by molar-refractivity contribution is 7.99. The first-order chi connectivity index (χ1) is 17.7. The Kier molecular flexibility index (Phi) is 7.05. The number of amides is 1. The molecule has 1 N–H and O–H groups in total. The van der Waals surface area contributed by atoms with Crippen molar-refractivity contribution in [2.24, 2.45) is 0 Å². The van der Waals surface area contributed by atoms with Gasteiger partial charge in [0, 0.05) is 23.6 Å². The zero-order valence-corrected chi connectivity index (χ0v) is 20.4. The summed E-state index contributed by atoms with van der Waals surface area (Å²) < 4.78 is 7.94. The van der Waals surface area contributed by atoms with Gasteiger partial charge in [0.2, 0.25) is 5.91 Å². The Labute approximate surface area is 213 Å². The fourth-order valence-electron chi connectivity index (χ4n) is 3.56. The van der Waals surface area contributed by atoms with Crippen LogP contribution >= 0.6 is 11.8 Å². The number of hydrogen-bond donors (Lipinski definition) is 1. The van der Waals surface area contributed by atoms with Crippen molar-refractivity contribution in [1.29, 1.82) is 0 Å². The molecule has 0 aliphatic heterocycles. The minimum atomic E-state index is -0.175. The first-order valence-corrected chi connectivity index (χ1v) is 12.3. The normalized spacial score (nSPS) is 10.7. The van der Waals surface area contributed by atoms with Gasteiger partial charge in [-0.25, -0.2) is 0 Å². The van der Waals surface area contributed by atoms with E-state index < -0.39 is 0 Å². The maximum atomic E-state index is 12.9. The number of benzene rings is 3. The molecule has 2 heterocycles. The van der Waals surface area contributed by atoms with Gasteiger partial charge in [-0.15, -0.1) is 10.2 Å². The first kappa shape index (κ1) is 23.3. The van der Waals surface area contributed by atoms with Crippen LogP contribution in [0.4, 0.5) is 5.69 Å². The summed E-state index contributed by atoms with van der Waals surface area (Å²) in [6.07, 6.45) is 3.46. The molecular formula is C28H23N5O2S. The molecule has 0 radical (unpaired) electrons. The second-order valence-corrected chi connectivity index (χ2v) is 8.91. The molecule has 2 aromatic heterocycles. The highest BCUT2D eigenvalue weighted by Crippen LogP contribution is 2.31. The molecule has 5 rings (SSSR count). The summed E-state index contributed by atoms with van der Waals surface area (Å²) >= 11 is 1.31. The Hall–Kier alpha value is -4.43. The molecule has 3 aromatic carbocycles. The number of aryl methyl sites for hydroxylation is 1. The van der Waals surface area contributed by atoms with Crippen LogP contribution in [0.3, 0.4) is 0 Å². The number of nitrogens with zero attached hydrogens (tertiary/aromatic N) is 4. The fraction of sp³-hybridized carbons (Fsp3) is 0.0714. The van der Waals surface area contributed by atoms with E-state index in [-0.39, 0.29) is 11.7 Å². The lowest BCUT2D eigenvalue weighted by Gasteiger charge is -2.13. The van der Waals surface area contributed by atoms with Gasteiger partial charge in [-0.1, -0.05) is 59.8 Å². The van der Waals surface area contributed by atoms with Crippen LogP contribution in [-0.4, -0.2) is 31.4 Å². The molecule has 36 heavy (non-hydrogen) atoms. The van der Waals surface area contributed by atoms with Gasteiger partial charge >= 0.3 is 0 Å². The molecule has 7 nitrogen and oxygen atoms in total. The molecule has 5 aromatic rings. The second kappa shape index (κ2) is 10.9. The average Bonchev–Trinajstić information content (AvgIpc) is 3.35. The Morgan fingerprint density at radius 3 is 2.47 bits per heavy atom. The summed E-state index contributed by atoms with van der Waals surface area (Å²) in [5, 5.41) is 12.3. The summed E-state index contributed by atoms with van der Waals surface area (Å²) in [6, 6.07) is 28.8. The molecule has 0 fully saturated rings. The van der Waals surface area contributed by atoms with Crippen LogP contribution in [0.25, 0.3) is 17.1 Å². The number of rotatable bonds is 8. The van der Waals surface area contributed by atoms with E-state index in [1.165, 1.54) is 11.8 Å². The zero-order chi connectivity index (χ0) is 24.7. The SMILES string of the molecule is Cc1ccc(Oc2ccccc2NC(=O)CSc2nnc(-c3cccnc3)n2-c2ccccc2)cc1. The number of thioether (sulfide) groups is 1. The van der Waals surface area contributed by atoms with Gasteiger partial charge in [-0.3, -0.25) is 14.3 Å². The van der Waals surface area contributed by atoms with Crippen LogP contribution in [0, 0.1) is 6.92 Å². The monoisotopic (exact) mass is 493 g/mol. The van der Waals surface area contributed by atoms with E-state index in [1.54, 1.807) is 12.4 Å². The topological polar surface area (TPSA) is 81.9 Å². The summed E-state index contributed by atoms with van der Waals surface area (Å²) in [6.45, 7) is 2.02. The van der Waals surface area contributed by atoms with Gasteiger partial charge in [0.25, 0.3) is 0 Å². The predicted molar refractivity (Wildman–Crippen MR) is 142 cm³/mol.